The van der Waals surface area contributed by atoms with Crippen molar-refractivity contribution < 1.29 is 22.7 Å². The van der Waals surface area contributed by atoms with Gasteiger partial charge >= 0.3 is 5.97 Å². The van der Waals surface area contributed by atoms with Gasteiger partial charge in [0.1, 0.15) is 0 Å². The third-order valence-corrected chi connectivity index (χ3v) is 5.57. The lowest BCUT2D eigenvalue weighted by molar-refractivity contribution is -0.147. The highest BCUT2D eigenvalue weighted by Crippen LogP contribution is 2.22. The highest BCUT2D eigenvalue weighted by atomic mass is 32.2. The van der Waals surface area contributed by atoms with Crippen LogP contribution in [0.2, 0.25) is 0 Å². The lowest BCUT2D eigenvalue weighted by Crippen LogP contribution is -2.27. The molecule has 1 heterocycles. The number of amides is 1. The number of carbonyl (C=O) groups is 2. The van der Waals surface area contributed by atoms with E-state index in [1.54, 1.807) is 0 Å². The molecule has 0 unspecified atom stereocenters. The van der Waals surface area contributed by atoms with Gasteiger partial charge in [0.15, 0.2) is 6.61 Å². The summed E-state index contributed by atoms with van der Waals surface area (Å²) in [5.74, 6) is -0.880. The maximum atomic E-state index is 12.4. The Morgan fingerprint density at radius 3 is 2.38 bits per heavy atom. The molecule has 0 saturated carbocycles. The Morgan fingerprint density at radius 1 is 1.17 bits per heavy atom. The Labute approximate surface area is 142 Å². The summed E-state index contributed by atoms with van der Waals surface area (Å²) in [5, 5.41) is 2.56. The number of hydrogen-bond acceptors (Lipinski definition) is 5. The second-order valence-electron chi connectivity index (χ2n) is 5.59. The molecule has 0 aliphatic carbocycles. The summed E-state index contributed by atoms with van der Waals surface area (Å²) >= 11 is 0. The van der Waals surface area contributed by atoms with Crippen molar-refractivity contribution in [3.05, 3.63) is 24.3 Å². The highest BCUT2D eigenvalue weighted by molar-refractivity contribution is 7.89. The van der Waals surface area contributed by atoms with Crippen molar-refractivity contribution in [3.63, 3.8) is 0 Å². The van der Waals surface area contributed by atoms with Gasteiger partial charge in [0.2, 0.25) is 10.0 Å². The number of benzene rings is 1. The van der Waals surface area contributed by atoms with Crippen molar-refractivity contribution >= 4 is 27.6 Å². The second kappa shape index (κ2) is 8.25. The molecule has 0 atom stereocenters. The van der Waals surface area contributed by atoms with Gasteiger partial charge in [-0.15, -0.1) is 0 Å². The summed E-state index contributed by atoms with van der Waals surface area (Å²) in [7, 11) is -3.46. The van der Waals surface area contributed by atoms with Gasteiger partial charge in [-0.1, -0.05) is 6.92 Å². The normalized spacial score (nSPS) is 15.2. The molecule has 1 N–H and O–H groups in total. The lowest BCUT2D eigenvalue weighted by Gasteiger charge is -2.15. The number of carbonyl (C=O) groups excluding carboxylic acids is 2. The monoisotopic (exact) mass is 354 g/mol. The Kier molecular flexibility index (Phi) is 6.33. The average Bonchev–Trinajstić information content (AvgIpc) is 3.09. The topological polar surface area (TPSA) is 92.8 Å². The van der Waals surface area contributed by atoms with Gasteiger partial charge in [-0.2, -0.15) is 4.31 Å². The van der Waals surface area contributed by atoms with E-state index in [4.69, 9.17) is 4.74 Å². The summed E-state index contributed by atoms with van der Waals surface area (Å²) < 4.78 is 31.1. The first-order chi connectivity index (χ1) is 11.4. The van der Waals surface area contributed by atoms with Crippen LogP contribution >= 0.6 is 0 Å². The number of ether oxygens (including phenoxy) is 1. The van der Waals surface area contributed by atoms with E-state index in [1.165, 1.54) is 28.6 Å². The van der Waals surface area contributed by atoms with Crippen molar-refractivity contribution in [2.75, 3.05) is 25.0 Å². The van der Waals surface area contributed by atoms with Crippen molar-refractivity contribution in [1.29, 1.82) is 0 Å². The summed E-state index contributed by atoms with van der Waals surface area (Å²) in [6.07, 6.45) is 2.69. The molecular formula is C16H22N2O5S. The van der Waals surface area contributed by atoms with Crippen molar-refractivity contribution in [3.8, 4) is 0 Å². The fourth-order valence-corrected chi connectivity index (χ4v) is 3.92. The first kappa shape index (κ1) is 18.4. The molecule has 2 rings (SSSR count). The van der Waals surface area contributed by atoms with Gasteiger partial charge in [-0.3, -0.25) is 9.59 Å². The zero-order valence-corrected chi connectivity index (χ0v) is 14.5. The van der Waals surface area contributed by atoms with E-state index in [-0.39, 0.29) is 17.9 Å². The Bertz CT molecular complexity index is 679. The van der Waals surface area contributed by atoms with Crippen LogP contribution in [0.5, 0.6) is 0 Å². The quantitative estimate of drug-likeness (QED) is 0.753. The molecule has 1 fully saturated rings. The summed E-state index contributed by atoms with van der Waals surface area (Å²) in [6.45, 7) is 2.58. The largest absolute Gasteiger partial charge is 0.456 e. The van der Waals surface area contributed by atoms with E-state index in [9.17, 15) is 18.0 Å². The van der Waals surface area contributed by atoms with Crippen LogP contribution in [0.25, 0.3) is 0 Å². The number of esters is 1. The Balaban J connectivity index is 1.92. The minimum Gasteiger partial charge on any atom is -0.456 e. The van der Waals surface area contributed by atoms with E-state index < -0.39 is 21.9 Å². The lowest BCUT2D eigenvalue weighted by atomic mass is 10.3. The zero-order valence-electron chi connectivity index (χ0n) is 13.7. The molecule has 0 aromatic heterocycles. The van der Waals surface area contributed by atoms with Crippen LogP contribution in [0, 0.1) is 0 Å². The smallest absolute Gasteiger partial charge is 0.306 e. The molecule has 24 heavy (non-hydrogen) atoms. The minimum absolute atomic E-state index is 0.205. The Hall–Kier alpha value is -1.93. The fraction of sp³-hybridized carbons (Fsp3) is 0.500. The number of anilines is 1. The maximum absolute atomic E-state index is 12.4. The van der Waals surface area contributed by atoms with Crippen LogP contribution in [0.4, 0.5) is 5.69 Å². The molecule has 1 saturated heterocycles. The minimum atomic E-state index is -3.46. The van der Waals surface area contributed by atoms with Gasteiger partial charge in [-0.25, -0.2) is 8.42 Å². The summed E-state index contributed by atoms with van der Waals surface area (Å²) in [4.78, 5) is 23.1. The van der Waals surface area contributed by atoms with Crippen LogP contribution in [0.3, 0.4) is 0 Å². The van der Waals surface area contributed by atoms with Crippen molar-refractivity contribution in [2.45, 2.75) is 37.5 Å². The summed E-state index contributed by atoms with van der Waals surface area (Å²) in [5.41, 5.74) is 0.451. The van der Waals surface area contributed by atoms with Crippen LogP contribution < -0.4 is 5.32 Å². The van der Waals surface area contributed by atoms with E-state index in [0.717, 1.165) is 12.8 Å². The van der Waals surface area contributed by atoms with Gasteiger partial charge in [-0.05, 0) is 43.5 Å². The molecule has 0 radical (unpaired) electrons. The standard InChI is InChI=1S/C16H22N2O5S/c1-2-5-16(20)23-12-15(19)17-13-6-8-14(9-7-13)24(21,22)18-10-3-4-11-18/h6-9H,2-5,10-12H2,1H3,(H,17,19). The van der Waals surface area contributed by atoms with E-state index in [0.29, 0.717) is 25.2 Å². The average molecular weight is 354 g/mol. The number of hydrogen-bond donors (Lipinski definition) is 1. The first-order valence-corrected chi connectivity index (χ1v) is 9.43. The van der Waals surface area contributed by atoms with Crippen LogP contribution in [-0.2, 0) is 24.3 Å². The Morgan fingerprint density at radius 2 is 1.79 bits per heavy atom. The molecule has 8 heteroatoms. The number of sulfonamides is 1. The number of nitrogens with one attached hydrogen (secondary N) is 1. The molecule has 0 bridgehead atoms. The van der Waals surface area contributed by atoms with Crippen LogP contribution in [0.15, 0.2) is 29.2 Å². The molecule has 1 aromatic rings. The van der Waals surface area contributed by atoms with Gasteiger partial charge in [0.25, 0.3) is 5.91 Å². The third kappa shape index (κ3) is 4.78. The van der Waals surface area contributed by atoms with Gasteiger partial charge in [0, 0.05) is 25.2 Å². The molecule has 0 spiro atoms. The molecule has 1 aliphatic heterocycles. The first-order valence-electron chi connectivity index (χ1n) is 7.99. The van der Waals surface area contributed by atoms with Gasteiger partial charge in [0.05, 0.1) is 4.90 Å². The molecule has 1 aliphatic rings. The zero-order chi connectivity index (χ0) is 17.6. The van der Waals surface area contributed by atoms with Gasteiger partial charge < -0.3 is 10.1 Å². The third-order valence-electron chi connectivity index (χ3n) is 3.66. The maximum Gasteiger partial charge on any atom is 0.306 e. The van der Waals surface area contributed by atoms with Crippen molar-refractivity contribution in [2.24, 2.45) is 0 Å². The highest BCUT2D eigenvalue weighted by Gasteiger charge is 2.26. The van der Waals surface area contributed by atoms with Crippen molar-refractivity contribution in [1.82, 2.24) is 4.31 Å². The number of nitrogens with zero attached hydrogens (tertiary/aromatic N) is 1. The van der Waals surface area contributed by atoms with E-state index in [2.05, 4.69) is 5.32 Å². The van der Waals surface area contributed by atoms with Crippen LogP contribution in [0.1, 0.15) is 32.6 Å². The molecule has 132 valence electrons. The second-order valence-corrected chi connectivity index (χ2v) is 7.53. The fourth-order valence-electron chi connectivity index (χ4n) is 2.41. The molecule has 7 nitrogen and oxygen atoms in total. The molecule has 1 amide bonds. The number of rotatable bonds is 7. The predicted molar refractivity (Wildman–Crippen MR) is 88.9 cm³/mol. The SMILES string of the molecule is CCCC(=O)OCC(=O)Nc1ccc(S(=O)(=O)N2CCCC2)cc1. The predicted octanol–water partition coefficient (Wildman–Crippen LogP) is 1.75. The van der Waals surface area contributed by atoms with E-state index >= 15 is 0 Å². The summed E-state index contributed by atoms with van der Waals surface area (Å²) in [6, 6.07) is 5.97. The van der Waals surface area contributed by atoms with E-state index in [1.807, 2.05) is 6.92 Å². The molecular weight excluding hydrogens is 332 g/mol. The molecule has 1 aromatic carbocycles. The van der Waals surface area contributed by atoms with Crippen LogP contribution in [-0.4, -0.2) is 44.3 Å².